The molecular formula is C18H14FN3. The van der Waals surface area contributed by atoms with Gasteiger partial charge in [0.05, 0.1) is 17.0 Å². The van der Waals surface area contributed by atoms with Crippen molar-refractivity contribution in [2.75, 3.05) is 0 Å². The van der Waals surface area contributed by atoms with Gasteiger partial charge >= 0.3 is 0 Å². The van der Waals surface area contributed by atoms with E-state index < -0.39 is 5.82 Å². The number of hydrogen-bond acceptors (Lipinski definition) is 3. The minimum atomic E-state index is -0.494. The maximum absolute atomic E-state index is 13.4. The molecule has 3 nitrogen and oxygen atoms in total. The van der Waals surface area contributed by atoms with Crippen molar-refractivity contribution in [3.8, 4) is 6.07 Å². The van der Waals surface area contributed by atoms with Crippen LogP contribution in [0.3, 0.4) is 0 Å². The van der Waals surface area contributed by atoms with E-state index in [0.29, 0.717) is 6.42 Å². The van der Waals surface area contributed by atoms with E-state index in [-0.39, 0.29) is 5.56 Å². The molecule has 0 fully saturated rings. The molecule has 1 N–H and O–H groups in total. The number of rotatable bonds is 2. The van der Waals surface area contributed by atoms with Gasteiger partial charge in [-0.25, -0.2) is 4.39 Å². The van der Waals surface area contributed by atoms with Crippen LogP contribution in [0.25, 0.3) is 5.70 Å². The van der Waals surface area contributed by atoms with E-state index >= 15 is 0 Å². The van der Waals surface area contributed by atoms with Crippen molar-refractivity contribution in [1.29, 1.82) is 5.26 Å². The van der Waals surface area contributed by atoms with E-state index in [0.717, 1.165) is 28.1 Å². The lowest BCUT2D eigenvalue weighted by Crippen LogP contribution is -2.21. The molecular weight excluding hydrogens is 277 g/mol. The van der Waals surface area contributed by atoms with E-state index in [2.05, 4.69) is 10.5 Å². The lowest BCUT2D eigenvalue weighted by molar-refractivity contribution is 0.623. The fourth-order valence-corrected chi connectivity index (χ4v) is 2.53. The first-order chi connectivity index (χ1) is 10.7. The Kier molecular flexibility index (Phi) is 3.71. The molecule has 2 aromatic carbocycles. The molecule has 0 radical (unpaired) electrons. The number of halogens is 1. The van der Waals surface area contributed by atoms with Gasteiger partial charge in [0.25, 0.3) is 0 Å². The number of benzene rings is 2. The number of nitrogens with one attached hydrogen (secondary N) is 1. The largest absolute Gasteiger partial charge is 0.278 e. The summed E-state index contributed by atoms with van der Waals surface area (Å²) >= 11 is 0. The molecule has 0 amide bonds. The second-order valence-electron chi connectivity index (χ2n) is 5.02. The summed E-state index contributed by atoms with van der Waals surface area (Å²) in [5.41, 5.74) is 7.95. The zero-order valence-electron chi connectivity index (χ0n) is 12.1. The molecule has 22 heavy (non-hydrogen) atoms. The highest BCUT2D eigenvalue weighted by molar-refractivity contribution is 6.07. The third kappa shape index (κ3) is 2.49. The Morgan fingerprint density at radius 2 is 2.00 bits per heavy atom. The summed E-state index contributed by atoms with van der Waals surface area (Å²) in [5, 5.41) is 13.4. The molecule has 0 aliphatic carbocycles. The molecule has 4 heteroatoms. The SMILES string of the molecule is C/C=C1/NN=C(Cc2ccc(F)c(C#N)c2)c2ccccc21. The summed E-state index contributed by atoms with van der Waals surface area (Å²) in [6.07, 6.45) is 2.51. The standard InChI is InChI=1S/C18H14FN3/c1-2-17-14-5-3-4-6-15(14)18(22-21-17)10-12-7-8-16(19)13(9-12)11-20/h2-9,21H,10H2,1H3/b17-2+. The zero-order valence-corrected chi connectivity index (χ0v) is 12.1. The van der Waals surface area contributed by atoms with E-state index in [1.165, 1.54) is 6.07 Å². The average molecular weight is 291 g/mol. The van der Waals surface area contributed by atoms with Gasteiger partial charge in [-0.05, 0) is 24.6 Å². The van der Waals surface area contributed by atoms with Crippen LogP contribution in [-0.2, 0) is 6.42 Å². The van der Waals surface area contributed by atoms with Crippen LogP contribution < -0.4 is 5.43 Å². The molecule has 2 aromatic rings. The first kappa shape index (κ1) is 14.0. The highest BCUT2D eigenvalue weighted by atomic mass is 19.1. The second-order valence-corrected chi connectivity index (χ2v) is 5.02. The third-order valence-electron chi connectivity index (χ3n) is 3.65. The van der Waals surface area contributed by atoms with Gasteiger partial charge in [0, 0.05) is 17.5 Å². The number of allylic oxidation sites excluding steroid dienone is 1. The second kappa shape index (κ2) is 5.82. The van der Waals surface area contributed by atoms with Crippen LogP contribution in [0.15, 0.2) is 53.6 Å². The first-order valence-electron chi connectivity index (χ1n) is 7.00. The fourth-order valence-electron chi connectivity index (χ4n) is 2.53. The normalized spacial score (nSPS) is 14.8. The minimum Gasteiger partial charge on any atom is -0.278 e. The lowest BCUT2D eigenvalue weighted by Gasteiger charge is -2.20. The highest BCUT2D eigenvalue weighted by Gasteiger charge is 2.17. The van der Waals surface area contributed by atoms with Crippen LogP contribution in [0.1, 0.15) is 29.2 Å². The van der Waals surface area contributed by atoms with Gasteiger partial charge in [0.1, 0.15) is 11.9 Å². The van der Waals surface area contributed by atoms with Crippen molar-refractivity contribution in [2.45, 2.75) is 13.3 Å². The van der Waals surface area contributed by atoms with Gasteiger partial charge in [-0.3, -0.25) is 5.43 Å². The summed E-state index contributed by atoms with van der Waals surface area (Å²) in [4.78, 5) is 0. The van der Waals surface area contributed by atoms with Crippen molar-refractivity contribution < 1.29 is 4.39 Å². The number of hydrazone groups is 1. The van der Waals surface area contributed by atoms with Crippen molar-refractivity contribution in [1.82, 2.24) is 5.43 Å². The molecule has 0 atom stereocenters. The zero-order chi connectivity index (χ0) is 15.5. The van der Waals surface area contributed by atoms with Gasteiger partial charge in [0.15, 0.2) is 0 Å². The Bertz CT molecular complexity index is 828. The predicted molar refractivity (Wildman–Crippen MR) is 84.6 cm³/mol. The Morgan fingerprint density at radius 3 is 2.73 bits per heavy atom. The summed E-state index contributed by atoms with van der Waals surface area (Å²) in [6, 6.07) is 14.5. The lowest BCUT2D eigenvalue weighted by atomic mass is 9.94. The molecule has 0 saturated heterocycles. The van der Waals surface area contributed by atoms with E-state index in [1.54, 1.807) is 12.1 Å². The summed E-state index contributed by atoms with van der Waals surface area (Å²) in [6.45, 7) is 1.96. The molecule has 0 unspecified atom stereocenters. The number of nitrogens with zero attached hydrogens (tertiary/aromatic N) is 2. The number of nitriles is 1. The third-order valence-corrected chi connectivity index (χ3v) is 3.65. The number of fused-ring (bicyclic) bond motifs is 1. The molecule has 0 spiro atoms. The molecule has 1 aliphatic heterocycles. The van der Waals surface area contributed by atoms with Gasteiger partial charge in [0.2, 0.25) is 0 Å². The Morgan fingerprint density at radius 1 is 1.23 bits per heavy atom. The maximum Gasteiger partial charge on any atom is 0.140 e. The quantitative estimate of drug-likeness (QED) is 0.919. The smallest absolute Gasteiger partial charge is 0.140 e. The topological polar surface area (TPSA) is 48.2 Å². The molecule has 1 aliphatic rings. The minimum absolute atomic E-state index is 0.0595. The van der Waals surface area contributed by atoms with Crippen LogP contribution in [0, 0.1) is 17.1 Å². The van der Waals surface area contributed by atoms with Gasteiger partial charge < -0.3 is 0 Å². The van der Waals surface area contributed by atoms with Crippen LogP contribution in [0.2, 0.25) is 0 Å². The molecule has 1 heterocycles. The monoisotopic (exact) mass is 291 g/mol. The maximum atomic E-state index is 13.4. The van der Waals surface area contributed by atoms with Crippen molar-refractivity contribution >= 4 is 11.4 Å². The van der Waals surface area contributed by atoms with Crippen LogP contribution in [-0.4, -0.2) is 5.71 Å². The van der Waals surface area contributed by atoms with Gasteiger partial charge in [-0.2, -0.15) is 10.4 Å². The van der Waals surface area contributed by atoms with Crippen LogP contribution in [0.4, 0.5) is 4.39 Å². The van der Waals surface area contributed by atoms with Crippen molar-refractivity contribution in [3.05, 3.63) is 76.6 Å². The predicted octanol–water partition coefficient (Wildman–Crippen LogP) is 3.61. The molecule has 108 valence electrons. The Balaban J connectivity index is 1.97. The van der Waals surface area contributed by atoms with E-state index in [1.807, 2.05) is 43.3 Å². The van der Waals surface area contributed by atoms with E-state index in [4.69, 9.17) is 5.26 Å². The van der Waals surface area contributed by atoms with Gasteiger partial charge in [-0.1, -0.05) is 36.4 Å². The van der Waals surface area contributed by atoms with Crippen LogP contribution >= 0.6 is 0 Å². The molecule has 0 saturated carbocycles. The van der Waals surface area contributed by atoms with Crippen molar-refractivity contribution in [2.24, 2.45) is 5.10 Å². The summed E-state index contributed by atoms with van der Waals surface area (Å²) in [5.74, 6) is -0.494. The molecule has 3 rings (SSSR count). The van der Waals surface area contributed by atoms with Crippen LogP contribution in [0.5, 0.6) is 0 Å². The van der Waals surface area contributed by atoms with Gasteiger partial charge in [-0.15, -0.1) is 0 Å². The molecule has 0 bridgehead atoms. The Hall–Kier alpha value is -2.93. The first-order valence-corrected chi connectivity index (χ1v) is 7.00. The fraction of sp³-hybridized carbons (Fsp3) is 0.111. The average Bonchev–Trinajstić information content (AvgIpc) is 2.57. The summed E-state index contributed by atoms with van der Waals surface area (Å²) in [7, 11) is 0. The van der Waals surface area contributed by atoms with E-state index in [9.17, 15) is 4.39 Å². The summed E-state index contributed by atoms with van der Waals surface area (Å²) < 4.78 is 13.4. The highest BCUT2D eigenvalue weighted by Crippen LogP contribution is 2.23. The molecule has 0 aromatic heterocycles. The van der Waals surface area contributed by atoms with Crippen molar-refractivity contribution in [3.63, 3.8) is 0 Å². The number of hydrogen-bond donors (Lipinski definition) is 1. The Labute approximate surface area is 128 Å².